The molecule has 0 bridgehead atoms. The van der Waals surface area contributed by atoms with Crippen LogP contribution in [-0.2, 0) is 0 Å². The molecule has 21 heavy (non-hydrogen) atoms. The van der Waals surface area contributed by atoms with Gasteiger partial charge in [-0.05, 0) is 44.0 Å². The van der Waals surface area contributed by atoms with E-state index in [9.17, 15) is 0 Å². The number of nitrogens with zero attached hydrogens (tertiary/aromatic N) is 4. The quantitative estimate of drug-likeness (QED) is 0.865. The predicted molar refractivity (Wildman–Crippen MR) is 84.5 cm³/mol. The zero-order valence-electron chi connectivity index (χ0n) is 13.0. The summed E-state index contributed by atoms with van der Waals surface area (Å²) < 4.78 is 5.83. The van der Waals surface area contributed by atoms with Gasteiger partial charge < -0.3 is 14.2 Å². The number of anilines is 1. The smallest absolute Gasteiger partial charge is 0.299 e. The number of hydrogen-bond donors (Lipinski definition) is 0. The Morgan fingerprint density at radius 1 is 1.24 bits per heavy atom. The highest BCUT2D eigenvalue weighted by atomic mass is 16.4. The molecular formula is C16H24N4O. The first kappa shape index (κ1) is 14.3. The molecule has 114 valence electrons. The molecule has 0 N–H and O–H groups in total. The molecule has 1 saturated heterocycles. The molecule has 1 fully saturated rings. The molecule has 2 aromatic heterocycles. The zero-order valence-corrected chi connectivity index (χ0v) is 13.0. The van der Waals surface area contributed by atoms with Crippen LogP contribution < -0.4 is 4.90 Å². The maximum atomic E-state index is 5.83. The van der Waals surface area contributed by atoms with Crippen LogP contribution in [-0.4, -0.2) is 47.6 Å². The Kier molecular flexibility index (Phi) is 4.39. The molecule has 0 radical (unpaired) electrons. The second-order valence-corrected chi connectivity index (χ2v) is 6.19. The number of fused-ring (bicyclic) bond motifs is 1. The van der Waals surface area contributed by atoms with Crippen LogP contribution in [0.5, 0.6) is 0 Å². The first-order valence-corrected chi connectivity index (χ1v) is 7.91. The lowest BCUT2D eigenvalue weighted by Gasteiger charge is -2.21. The van der Waals surface area contributed by atoms with Crippen molar-refractivity contribution < 1.29 is 4.42 Å². The van der Waals surface area contributed by atoms with Gasteiger partial charge in [-0.15, -0.1) is 0 Å². The van der Waals surface area contributed by atoms with E-state index in [0.29, 0.717) is 5.65 Å². The molecule has 0 amide bonds. The largest absolute Gasteiger partial charge is 0.422 e. The van der Waals surface area contributed by atoms with E-state index >= 15 is 0 Å². The van der Waals surface area contributed by atoms with Crippen LogP contribution >= 0.6 is 0 Å². The van der Waals surface area contributed by atoms with E-state index in [-0.39, 0.29) is 0 Å². The normalized spacial score (nSPS) is 17.6. The summed E-state index contributed by atoms with van der Waals surface area (Å²) in [4.78, 5) is 13.6. The van der Waals surface area contributed by atoms with Gasteiger partial charge in [0.2, 0.25) is 5.65 Å². The Bertz CT molecular complexity index is 547. The van der Waals surface area contributed by atoms with Crippen LogP contribution in [0.1, 0.15) is 26.7 Å². The summed E-state index contributed by atoms with van der Waals surface area (Å²) in [5.41, 5.74) is 1.47. The molecule has 5 heteroatoms. The molecule has 3 heterocycles. The second-order valence-electron chi connectivity index (χ2n) is 6.19. The average Bonchev–Trinajstić information content (AvgIpc) is 2.76. The van der Waals surface area contributed by atoms with Crippen LogP contribution in [0.2, 0.25) is 0 Å². The molecule has 0 aromatic carbocycles. The standard InChI is InChI=1S/C16H24N4O/c1-13(2)6-10-19-8-4-9-20(12-11-19)16-18-15-14(21-16)5-3-7-17-15/h3,5,7,13H,4,6,8-12H2,1-2H3. The summed E-state index contributed by atoms with van der Waals surface area (Å²) >= 11 is 0. The highest BCUT2D eigenvalue weighted by Crippen LogP contribution is 2.21. The third kappa shape index (κ3) is 3.53. The van der Waals surface area contributed by atoms with Gasteiger partial charge in [0.05, 0.1) is 0 Å². The van der Waals surface area contributed by atoms with Gasteiger partial charge in [0, 0.05) is 25.8 Å². The van der Waals surface area contributed by atoms with E-state index in [2.05, 4.69) is 33.6 Å². The third-order valence-corrected chi connectivity index (χ3v) is 4.04. The minimum atomic E-state index is 0.702. The molecule has 2 aromatic rings. The van der Waals surface area contributed by atoms with E-state index in [4.69, 9.17) is 4.42 Å². The first-order valence-electron chi connectivity index (χ1n) is 7.91. The maximum Gasteiger partial charge on any atom is 0.299 e. The van der Waals surface area contributed by atoms with Gasteiger partial charge in [0.15, 0.2) is 5.58 Å². The molecule has 1 aliphatic heterocycles. The maximum absolute atomic E-state index is 5.83. The molecule has 3 rings (SSSR count). The van der Waals surface area contributed by atoms with Crippen molar-refractivity contribution in [1.29, 1.82) is 0 Å². The molecule has 0 saturated carbocycles. The van der Waals surface area contributed by atoms with Crippen LogP contribution in [0.4, 0.5) is 6.01 Å². The summed E-state index contributed by atoms with van der Waals surface area (Å²) in [7, 11) is 0. The van der Waals surface area contributed by atoms with E-state index in [0.717, 1.165) is 43.6 Å². The Balaban J connectivity index is 1.64. The number of aromatic nitrogens is 2. The molecular weight excluding hydrogens is 264 g/mol. The second kappa shape index (κ2) is 6.43. The fourth-order valence-electron chi connectivity index (χ4n) is 2.72. The zero-order chi connectivity index (χ0) is 14.7. The SMILES string of the molecule is CC(C)CCN1CCCN(c2nc3ncccc3o2)CC1. The lowest BCUT2D eigenvalue weighted by molar-refractivity contribution is 0.275. The topological polar surface area (TPSA) is 45.4 Å². The minimum Gasteiger partial charge on any atom is -0.422 e. The van der Waals surface area contributed by atoms with Crippen LogP contribution in [0.25, 0.3) is 11.2 Å². The van der Waals surface area contributed by atoms with E-state index < -0.39 is 0 Å². The van der Waals surface area contributed by atoms with Crippen LogP contribution in [0, 0.1) is 5.92 Å². The number of oxazole rings is 1. The van der Waals surface area contributed by atoms with Gasteiger partial charge in [0.25, 0.3) is 6.01 Å². The van der Waals surface area contributed by atoms with Crippen molar-refractivity contribution in [3.05, 3.63) is 18.3 Å². The Hall–Kier alpha value is -1.62. The number of rotatable bonds is 4. The minimum absolute atomic E-state index is 0.702. The number of pyridine rings is 1. The summed E-state index contributed by atoms with van der Waals surface area (Å²) in [6.07, 6.45) is 4.18. The van der Waals surface area contributed by atoms with Gasteiger partial charge in [-0.1, -0.05) is 13.8 Å². The van der Waals surface area contributed by atoms with Gasteiger partial charge in [-0.2, -0.15) is 4.98 Å². The van der Waals surface area contributed by atoms with Gasteiger partial charge >= 0.3 is 0 Å². The van der Waals surface area contributed by atoms with Crippen molar-refractivity contribution in [2.75, 3.05) is 37.6 Å². The monoisotopic (exact) mass is 288 g/mol. The summed E-state index contributed by atoms with van der Waals surface area (Å²) in [5, 5.41) is 0. The molecule has 0 aliphatic carbocycles. The lowest BCUT2D eigenvalue weighted by atomic mass is 10.1. The number of hydrogen-bond acceptors (Lipinski definition) is 5. The van der Waals surface area contributed by atoms with Crippen LogP contribution in [0.3, 0.4) is 0 Å². The van der Waals surface area contributed by atoms with Crippen molar-refractivity contribution in [3.63, 3.8) is 0 Å². The van der Waals surface area contributed by atoms with E-state index in [1.165, 1.54) is 19.5 Å². The van der Waals surface area contributed by atoms with Crippen molar-refractivity contribution >= 4 is 17.2 Å². The van der Waals surface area contributed by atoms with Gasteiger partial charge in [-0.25, -0.2) is 4.98 Å². The Morgan fingerprint density at radius 2 is 2.14 bits per heavy atom. The van der Waals surface area contributed by atoms with Gasteiger partial charge in [-0.3, -0.25) is 0 Å². The molecule has 5 nitrogen and oxygen atoms in total. The van der Waals surface area contributed by atoms with E-state index in [1.54, 1.807) is 6.20 Å². The van der Waals surface area contributed by atoms with Crippen molar-refractivity contribution in [2.45, 2.75) is 26.7 Å². The van der Waals surface area contributed by atoms with Crippen molar-refractivity contribution in [3.8, 4) is 0 Å². The Labute approximate surface area is 126 Å². The fraction of sp³-hybridized carbons (Fsp3) is 0.625. The van der Waals surface area contributed by atoms with E-state index in [1.807, 2.05) is 12.1 Å². The van der Waals surface area contributed by atoms with Crippen LogP contribution in [0.15, 0.2) is 22.7 Å². The molecule has 1 aliphatic rings. The third-order valence-electron chi connectivity index (χ3n) is 4.04. The van der Waals surface area contributed by atoms with Gasteiger partial charge in [0.1, 0.15) is 0 Å². The summed E-state index contributed by atoms with van der Waals surface area (Å²) in [6, 6.07) is 4.52. The summed E-state index contributed by atoms with van der Waals surface area (Å²) in [5.74, 6) is 0.771. The lowest BCUT2D eigenvalue weighted by Crippen LogP contribution is -2.31. The average molecular weight is 288 g/mol. The highest BCUT2D eigenvalue weighted by Gasteiger charge is 2.19. The fourth-order valence-corrected chi connectivity index (χ4v) is 2.72. The van der Waals surface area contributed by atoms with Crippen molar-refractivity contribution in [2.24, 2.45) is 5.92 Å². The summed E-state index contributed by atoms with van der Waals surface area (Å²) in [6.45, 7) is 10.0. The Morgan fingerprint density at radius 3 is 2.95 bits per heavy atom. The van der Waals surface area contributed by atoms with Crippen molar-refractivity contribution in [1.82, 2.24) is 14.9 Å². The molecule has 0 spiro atoms. The highest BCUT2D eigenvalue weighted by molar-refractivity contribution is 5.69. The molecule has 0 unspecified atom stereocenters. The molecule has 0 atom stereocenters. The first-order chi connectivity index (χ1) is 10.2. The predicted octanol–water partition coefficient (Wildman–Crippen LogP) is 2.78.